The van der Waals surface area contributed by atoms with E-state index in [9.17, 15) is 9.18 Å². The van der Waals surface area contributed by atoms with Gasteiger partial charge in [0.05, 0.1) is 0 Å². The van der Waals surface area contributed by atoms with Crippen LogP contribution in [0.5, 0.6) is 0 Å². The number of benzene rings is 1. The van der Waals surface area contributed by atoms with Crippen LogP contribution in [0.3, 0.4) is 0 Å². The molecule has 0 unspecified atom stereocenters. The molecule has 5 nitrogen and oxygen atoms in total. The van der Waals surface area contributed by atoms with Crippen LogP contribution in [0.4, 0.5) is 10.1 Å². The number of nitrogens with one attached hydrogen (secondary N) is 3. The zero-order valence-electron chi connectivity index (χ0n) is 11.1. The van der Waals surface area contributed by atoms with E-state index < -0.39 is 0 Å². The third-order valence-electron chi connectivity index (χ3n) is 3.46. The van der Waals surface area contributed by atoms with Crippen LogP contribution >= 0.6 is 0 Å². The lowest BCUT2D eigenvalue weighted by molar-refractivity contribution is 0.102. The minimum atomic E-state index is -0.318. The van der Waals surface area contributed by atoms with Crippen molar-refractivity contribution >= 4 is 11.6 Å². The third-order valence-corrected chi connectivity index (χ3v) is 3.46. The quantitative estimate of drug-likeness (QED) is 0.781. The largest absolute Gasteiger partial charge is 0.320 e. The molecule has 20 heavy (non-hydrogen) atoms. The number of carbonyl (C=O) groups is 1. The highest BCUT2D eigenvalue weighted by atomic mass is 19.1. The van der Waals surface area contributed by atoms with E-state index in [-0.39, 0.29) is 11.7 Å². The lowest BCUT2D eigenvalue weighted by Crippen LogP contribution is -2.25. The molecule has 0 bridgehead atoms. The fourth-order valence-corrected chi connectivity index (χ4v) is 2.36. The molecule has 0 radical (unpaired) electrons. The van der Waals surface area contributed by atoms with Crippen molar-refractivity contribution in [3.05, 3.63) is 46.5 Å². The SMILES string of the molecule is Cc1cc(F)ccc1NC(=O)c1n[nH]c2c1CNCC2. The second-order valence-electron chi connectivity index (χ2n) is 4.87. The molecule has 3 rings (SSSR count). The molecule has 1 aliphatic heterocycles. The molecular formula is C14H15FN4O. The first kappa shape index (κ1) is 12.8. The first-order valence-electron chi connectivity index (χ1n) is 6.49. The Morgan fingerprint density at radius 2 is 2.30 bits per heavy atom. The van der Waals surface area contributed by atoms with Gasteiger partial charge in [-0.15, -0.1) is 0 Å². The highest BCUT2D eigenvalue weighted by Crippen LogP contribution is 2.19. The van der Waals surface area contributed by atoms with Gasteiger partial charge in [0.25, 0.3) is 5.91 Å². The van der Waals surface area contributed by atoms with Crippen molar-refractivity contribution in [2.24, 2.45) is 0 Å². The van der Waals surface area contributed by atoms with E-state index in [1.165, 1.54) is 12.1 Å². The number of aromatic amines is 1. The minimum Gasteiger partial charge on any atom is -0.320 e. The van der Waals surface area contributed by atoms with Gasteiger partial charge in [-0.25, -0.2) is 4.39 Å². The van der Waals surface area contributed by atoms with Crippen LogP contribution in [0.1, 0.15) is 27.3 Å². The molecule has 0 aliphatic carbocycles. The van der Waals surface area contributed by atoms with Crippen LogP contribution in [-0.2, 0) is 13.0 Å². The van der Waals surface area contributed by atoms with Crippen molar-refractivity contribution in [1.82, 2.24) is 15.5 Å². The Hall–Kier alpha value is -2.21. The molecule has 0 saturated heterocycles. The molecule has 104 valence electrons. The molecule has 0 spiro atoms. The fourth-order valence-electron chi connectivity index (χ4n) is 2.36. The Morgan fingerprint density at radius 3 is 3.10 bits per heavy atom. The summed E-state index contributed by atoms with van der Waals surface area (Å²) in [5, 5.41) is 13.0. The molecule has 2 heterocycles. The van der Waals surface area contributed by atoms with E-state index in [1.807, 2.05) is 0 Å². The van der Waals surface area contributed by atoms with Gasteiger partial charge in [0, 0.05) is 36.5 Å². The number of aromatic nitrogens is 2. The number of aryl methyl sites for hydroxylation is 1. The Bertz CT molecular complexity index is 665. The highest BCUT2D eigenvalue weighted by molar-refractivity contribution is 6.04. The summed E-state index contributed by atoms with van der Waals surface area (Å²) < 4.78 is 13.0. The van der Waals surface area contributed by atoms with E-state index in [4.69, 9.17) is 0 Å². The lowest BCUT2D eigenvalue weighted by Gasteiger charge is -2.13. The van der Waals surface area contributed by atoms with Crippen LogP contribution in [-0.4, -0.2) is 22.6 Å². The summed E-state index contributed by atoms with van der Waals surface area (Å²) in [4.78, 5) is 12.3. The maximum atomic E-state index is 13.0. The maximum Gasteiger partial charge on any atom is 0.276 e. The third kappa shape index (κ3) is 2.30. The minimum absolute atomic E-state index is 0.277. The van der Waals surface area contributed by atoms with E-state index in [0.29, 0.717) is 23.5 Å². The van der Waals surface area contributed by atoms with Gasteiger partial charge in [-0.3, -0.25) is 9.89 Å². The fraction of sp³-hybridized carbons (Fsp3) is 0.286. The number of hydrogen-bond donors (Lipinski definition) is 3. The lowest BCUT2D eigenvalue weighted by atomic mass is 10.1. The Balaban J connectivity index is 1.84. The molecule has 1 aromatic heterocycles. The molecule has 1 aromatic carbocycles. The Morgan fingerprint density at radius 1 is 1.45 bits per heavy atom. The molecule has 0 atom stereocenters. The van der Waals surface area contributed by atoms with E-state index >= 15 is 0 Å². The zero-order valence-corrected chi connectivity index (χ0v) is 11.1. The van der Waals surface area contributed by atoms with Crippen LogP contribution in [0, 0.1) is 12.7 Å². The number of hydrogen-bond acceptors (Lipinski definition) is 3. The van der Waals surface area contributed by atoms with Gasteiger partial charge in [-0.1, -0.05) is 0 Å². The Kier molecular flexibility index (Phi) is 3.23. The maximum absolute atomic E-state index is 13.0. The average Bonchev–Trinajstić information content (AvgIpc) is 2.86. The summed E-state index contributed by atoms with van der Waals surface area (Å²) in [7, 11) is 0. The molecule has 2 aromatic rings. The molecule has 6 heteroatoms. The molecular weight excluding hydrogens is 259 g/mol. The van der Waals surface area contributed by atoms with Gasteiger partial charge >= 0.3 is 0 Å². The average molecular weight is 274 g/mol. The molecule has 1 amide bonds. The summed E-state index contributed by atoms with van der Waals surface area (Å²) in [5.74, 6) is -0.595. The zero-order chi connectivity index (χ0) is 14.1. The standard InChI is InChI=1S/C14H15FN4O/c1-8-6-9(15)2-3-11(8)17-14(20)13-10-7-16-5-4-12(10)18-19-13/h2-3,6,16H,4-5,7H2,1H3,(H,17,20)(H,18,19). The van der Waals surface area contributed by atoms with Crippen molar-refractivity contribution in [1.29, 1.82) is 0 Å². The highest BCUT2D eigenvalue weighted by Gasteiger charge is 2.21. The summed E-state index contributed by atoms with van der Waals surface area (Å²) in [6.45, 7) is 3.27. The summed E-state index contributed by atoms with van der Waals surface area (Å²) in [6, 6.07) is 4.27. The van der Waals surface area contributed by atoms with Crippen LogP contribution in [0.25, 0.3) is 0 Å². The molecule has 3 N–H and O–H groups in total. The summed E-state index contributed by atoms with van der Waals surface area (Å²) >= 11 is 0. The second kappa shape index (κ2) is 5.05. The normalized spacial score (nSPS) is 13.9. The van der Waals surface area contributed by atoms with Gasteiger partial charge < -0.3 is 10.6 Å². The summed E-state index contributed by atoms with van der Waals surface area (Å²) in [6.07, 6.45) is 0.838. The number of fused-ring (bicyclic) bond motifs is 1. The Labute approximate surface area is 115 Å². The number of anilines is 1. The van der Waals surface area contributed by atoms with Gasteiger partial charge in [-0.2, -0.15) is 5.10 Å². The van der Waals surface area contributed by atoms with Gasteiger partial charge in [0.1, 0.15) is 5.82 Å². The number of carbonyl (C=O) groups excluding carboxylic acids is 1. The van der Waals surface area contributed by atoms with Crippen molar-refractivity contribution in [2.75, 3.05) is 11.9 Å². The number of amides is 1. The molecule has 1 aliphatic rings. The predicted molar refractivity (Wildman–Crippen MR) is 73.1 cm³/mol. The van der Waals surface area contributed by atoms with Crippen LogP contribution < -0.4 is 10.6 Å². The van der Waals surface area contributed by atoms with Gasteiger partial charge in [0.2, 0.25) is 0 Å². The summed E-state index contributed by atoms with van der Waals surface area (Å²) in [5.41, 5.74) is 3.59. The first-order chi connectivity index (χ1) is 9.65. The van der Waals surface area contributed by atoms with E-state index in [2.05, 4.69) is 20.8 Å². The molecule has 0 saturated carbocycles. The first-order valence-corrected chi connectivity index (χ1v) is 6.49. The van der Waals surface area contributed by atoms with Gasteiger partial charge in [0.15, 0.2) is 5.69 Å². The van der Waals surface area contributed by atoms with E-state index in [0.717, 1.165) is 24.2 Å². The van der Waals surface area contributed by atoms with Crippen molar-refractivity contribution in [3.63, 3.8) is 0 Å². The topological polar surface area (TPSA) is 69.8 Å². The van der Waals surface area contributed by atoms with Gasteiger partial charge in [-0.05, 0) is 30.7 Å². The monoisotopic (exact) mass is 274 g/mol. The molecule has 0 fully saturated rings. The second-order valence-corrected chi connectivity index (χ2v) is 4.87. The number of rotatable bonds is 2. The van der Waals surface area contributed by atoms with Crippen molar-refractivity contribution in [3.8, 4) is 0 Å². The number of halogens is 1. The van der Waals surface area contributed by atoms with Crippen LogP contribution in [0.15, 0.2) is 18.2 Å². The smallest absolute Gasteiger partial charge is 0.276 e. The van der Waals surface area contributed by atoms with Crippen molar-refractivity contribution < 1.29 is 9.18 Å². The van der Waals surface area contributed by atoms with Crippen LogP contribution in [0.2, 0.25) is 0 Å². The number of H-pyrrole nitrogens is 1. The predicted octanol–water partition coefficient (Wildman–Crippen LogP) is 1.76. The van der Waals surface area contributed by atoms with E-state index in [1.54, 1.807) is 13.0 Å². The number of nitrogens with zero attached hydrogens (tertiary/aromatic N) is 1. The van der Waals surface area contributed by atoms with Crippen molar-refractivity contribution in [2.45, 2.75) is 19.9 Å².